The van der Waals surface area contributed by atoms with Gasteiger partial charge in [-0.05, 0) is 26.7 Å². The monoisotopic (exact) mass is 242 g/mol. The van der Waals surface area contributed by atoms with E-state index in [0.29, 0.717) is 0 Å². The molecule has 2 aliphatic rings. The Hall–Kier alpha value is -0.580. The average molecular weight is 242 g/mol. The average Bonchev–Trinajstić information content (AvgIpc) is 3.01. The number of epoxide rings is 1. The molecule has 4 atom stereocenters. The zero-order valence-corrected chi connectivity index (χ0v) is 10.8. The van der Waals surface area contributed by atoms with Crippen molar-refractivity contribution in [1.82, 2.24) is 0 Å². The van der Waals surface area contributed by atoms with E-state index in [0.717, 1.165) is 19.4 Å². The van der Waals surface area contributed by atoms with Crippen molar-refractivity contribution in [3.05, 3.63) is 12.8 Å². The van der Waals surface area contributed by atoms with Crippen molar-refractivity contribution in [2.75, 3.05) is 13.7 Å². The zero-order chi connectivity index (χ0) is 12.7. The molecule has 1 aliphatic heterocycles. The van der Waals surface area contributed by atoms with Crippen LogP contribution in [0.15, 0.2) is 12.8 Å². The maximum absolute atomic E-state index is 10.1. The molecule has 98 valence electrons. The summed E-state index contributed by atoms with van der Waals surface area (Å²) in [6, 6.07) is 0. The fraction of sp³-hybridized carbons (Fsp3) is 0.846. The van der Waals surface area contributed by atoms with Crippen LogP contribution in [0, 0.1) is 5.92 Å². The van der Waals surface area contributed by atoms with Crippen LogP contribution in [0.5, 0.6) is 0 Å². The second-order valence-electron chi connectivity index (χ2n) is 5.53. The van der Waals surface area contributed by atoms with Crippen LogP contribution in [0.4, 0.5) is 0 Å². The van der Waals surface area contributed by atoms with Gasteiger partial charge >= 0.3 is 0 Å². The van der Waals surface area contributed by atoms with Gasteiger partial charge < -0.3 is 19.3 Å². The molecule has 0 aromatic carbocycles. The molecule has 1 N–H and O–H groups in total. The fourth-order valence-electron chi connectivity index (χ4n) is 3.26. The summed E-state index contributed by atoms with van der Waals surface area (Å²) in [6.07, 6.45) is 2.33. The van der Waals surface area contributed by atoms with Crippen LogP contribution in [0.3, 0.4) is 0 Å². The molecule has 17 heavy (non-hydrogen) atoms. The van der Waals surface area contributed by atoms with E-state index in [2.05, 4.69) is 6.58 Å². The number of hydrogen-bond donors (Lipinski definition) is 1. The fourth-order valence-corrected chi connectivity index (χ4v) is 3.26. The third-order valence-electron chi connectivity index (χ3n) is 4.06. The number of hydrogen-bond acceptors (Lipinski definition) is 4. The molecule has 1 heterocycles. The Morgan fingerprint density at radius 2 is 2.18 bits per heavy atom. The minimum Gasteiger partial charge on any atom is -0.496 e. The van der Waals surface area contributed by atoms with E-state index in [1.807, 2.05) is 13.8 Å². The first kappa shape index (κ1) is 12.9. The van der Waals surface area contributed by atoms with Gasteiger partial charge in [0.2, 0.25) is 0 Å². The van der Waals surface area contributed by atoms with E-state index in [9.17, 15) is 5.11 Å². The zero-order valence-electron chi connectivity index (χ0n) is 10.8. The molecule has 0 amide bonds. The molecule has 4 heteroatoms. The summed E-state index contributed by atoms with van der Waals surface area (Å²) in [5.74, 6) is 0.0155. The van der Waals surface area contributed by atoms with Gasteiger partial charge in [0, 0.05) is 7.11 Å². The summed E-state index contributed by atoms with van der Waals surface area (Å²) in [4.78, 5) is 0. The van der Waals surface area contributed by atoms with Crippen LogP contribution in [0.25, 0.3) is 0 Å². The van der Waals surface area contributed by atoms with Crippen molar-refractivity contribution in [2.24, 2.45) is 5.92 Å². The third kappa shape index (κ3) is 2.09. The molecule has 1 aliphatic carbocycles. The SMILES string of the molecule is C=COC(C)(C)[C@H]1[C@H](OC)[C@H](O)CC[C@]12CO2. The lowest BCUT2D eigenvalue weighted by molar-refractivity contribution is -0.158. The molecule has 0 aromatic heterocycles. The summed E-state index contributed by atoms with van der Waals surface area (Å²) < 4.78 is 16.8. The van der Waals surface area contributed by atoms with E-state index in [-0.39, 0.29) is 17.6 Å². The Labute approximate surface area is 103 Å². The Bertz CT molecular complexity index is 296. The van der Waals surface area contributed by atoms with Crippen molar-refractivity contribution in [3.63, 3.8) is 0 Å². The van der Waals surface area contributed by atoms with Gasteiger partial charge in [0.1, 0.15) is 11.2 Å². The Morgan fingerprint density at radius 3 is 2.65 bits per heavy atom. The summed E-state index contributed by atoms with van der Waals surface area (Å²) in [6.45, 7) is 8.33. The lowest BCUT2D eigenvalue weighted by atomic mass is 9.68. The molecular weight excluding hydrogens is 220 g/mol. The van der Waals surface area contributed by atoms with E-state index in [1.54, 1.807) is 7.11 Å². The molecule has 0 aromatic rings. The largest absolute Gasteiger partial charge is 0.496 e. The van der Waals surface area contributed by atoms with Gasteiger partial charge in [0.05, 0.1) is 31.0 Å². The number of methoxy groups -OCH3 is 1. The number of aliphatic hydroxyl groups excluding tert-OH is 1. The lowest BCUT2D eigenvalue weighted by Gasteiger charge is -2.46. The number of rotatable bonds is 4. The van der Waals surface area contributed by atoms with Crippen LogP contribution in [0.1, 0.15) is 26.7 Å². The normalized spacial score (nSPS) is 41.3. The van der Waals surface area contributed by atoms with E-state index in [4.69, 9.17) is 14.2 Å². The van der Waals surface area contributed by atoms with Gasteiger partial charge in [-0.2, -0.15) is 0 Å². The lowest BCUT2D eigenvalue weighted by Crippen LogP contribution is -2.57. The molecule has 0 unspecified atom stereocenters. The van der Waals surface area contributed by atoms with Crippen LogP contribution < -0.4 is 0 Å². The summed E-state index contributed by atoms with van der Waals surface area (Å²) in [7, 11) is 1.63. The minimum absolute atomic E-state index is 0.0155. The van der Waals surface area contributed by atoms with Gasteiger partial charge in [-0.15, -0.1) is 0 Å². The van der Waals surface area contributed by atoms with Gasteiger partial charge in [0.25, 0.3) is 0 Å². The first-order chi connectivity index (χ1) is 7.97. The maximum atomic E-state index is 10.1. The minimum atomic E-state index is -0.458. The molecule has 0 bridgehead atoms. The van der Waals surface area contributed by atoms with Crippen LogP contribution in [-0.4, -0.2) is 42.2 Å². The van der Waals surface area contributed by atoms with Crippen molar-refractivity contribution in [3.8, 4) is 0 Å². The van der Waals surface area contributed by atoms with E-state index >= 15 is 0 Å². The molecule has 4 nitrogen and oxygen atoms in total. The highest BCUT2D eigenvalue weighted by Crippen LogP contribution is 2.52. The van der Waals surface area contributed by atoms with E-state index in [1.165, 1.54) is 6.26 Å². The Balaban J connectivity index is 2.27. The van der Waals surface area contributed by atoms with Gasteiger partial charge in [-0.3, -0.25) is 0 Å². The predicted molar refractivity (Wildman–Crippen MR) is 63.6 cm³/mol. The maximum Gasteiger partial charge on any atom is 0.111 e. The molecular formula is C13H22O4. The third-order valence-corrected chi connectivity index (χ3v) is 4.06. The standard InChI is InChI=1S/C13H22O4/c1-5-16-12(2,3)11-10(15-4)9(14)6-7-13(11)8-17-13/h5,9-11,14H,1,6-8H2,2-4H3/t9-,10-,11-,13+/m1/s1. The highest BCUT2D eigenvalue weighted by molar-refractivity contribution is 5.12. The molecule has 2 rings (SSSR count). The molecule has 2 fully saturated rings. The second kappa shape index (κ2) is 4.26. The second-order valence-corrected chi connectivity index (χ2v) is 5.53. The number of ether oxygens (including phenoxy) is 3. The molecule has 1 saturated carbocycles. The topological polar surface area (TPSA) is 51.2 Å². The van der Waals surface area contributed by atoms with Gasteiger partial charge in [-0.1, -0.05) is 6.58 Å². The van der Waals surface area contributed by atoms with Gasteiger partial charge in [0.15, 0.2) is 0 Å². The molecule has 1 spiro atoms. The smallest absolute Gasteiger partial charge is 0.111 e. The summed E-state index contributed by atoms with van der Waals surface area (Å²) in [5.41, 5.74) is -0.632. The van der Waals surface area contributed by atoms with Crippen LogP contribution in [0.2, 0.25) is 0 Å². The van der Waals surface area contributed by atoms with Crippen molar-refractivity contribution in [1.29, 1.82) is 0 Å². The summed E-state index contributed by atoms with van der Waals surface area (Å²) in [5, 5.41) is 10.1. The van der Waals surface area contributed by atoms with Crippen LogP contribution in [-0.2, 0) is 14.2 Å². The Kier molecular flexibility index (Phi) is 3.23. The van der Waals surface area contributed by atoms with Crippen molar-refractivity contribution < 1.29 is 19.3 Å². The quantitative estimate of drug-likeness (QED) is 0.599. The van der Waals surface area contributed by atoms with E-state index < -0.39 is 11.7 Å². The summed E-state index contributed by atoms with van der Waals surface area (Å²) >= 11 is 0. The highest BCUT2D eigenvalue weighted by Gasteiger charge is 2.63. The molecule has 1 saturated heterocycles. The van der Waals surface area contributed by atoms with Crippen LogP contribution >= 0.6 is 0 Å². The first-order valence-electron chi connectivity index (χ1n) is 6.10. The Morgan fingerprint density at radius 1 is 1.53 bits per heavy atom. The number of aliphatic hydroxyl groups is 1. The highest BCUT2D eigenvalue weighted by atomic mass is 16.6. The predicted octanol–water partition coefficient (Wildman–Crippen LogP) is 1.48. The van der Waals surface area contributed by atoms with Crippen molar-refractivity contribution in [2.45, 2.75) is 50.1 Å². The first-order valence-corrected chi connectivity index (χ1v) is 6.10. The van der Waals surface area contributed by atoms with Crippen molar-refractivity contribution >= 4 is 0 Å². The molecule has 0 radical (unpaired) electrons. The van der Waals surface area contributed by atoms with Gasteiger partial charge in [-0.25, -0.2) is 0 Å².